The molecule has 0 saturated heterocycles. The van der Waals surface area contributed by atoms with Crippen molar-refractivity contribution in [3.8, 4) is 0 Å². The standard InChI is InChI=1S/C11H21ClOS/c1-3-9(2)14-8-10-6-4-5-7-11(10)13-12/h9-11H,3-8H2,1-2H3. The number of thioether (sulfide) groups is 1. The Bertz CT molecular complexity index is 154. The zero-order valence-corrected chi connectivity index (χ0v) is 10.7. The molecule has 1 fully saturated rings. The van der Waals surface area contributed by atoms with Gasteiger partial charge in [0.2, 0.25) is 0 Å². The molecule has 84 valence electrons. The van der Waals surface area contributed by atoms with E-state index in [2.05, 4.69) is 25.6 Å². The first-order valence-electron chi connectivity index (χ1n) is 5.67. The fraction of sp³-hybridized carbons (Fsp3) is 1.00. The molecule has 0 aromatic heterocycles. The van der Waals surface area contributed by atoms with Gasteiger partial charge < -0.3 is 0 Å². The Morgan fingerprint density at radius 1 is 1.43 bits per heavy atom. The van der Waals surface area contributed by atoms with Crippen LogP contribution in [0.4, 0.5) is 0 Å². The van der Waals surface area contributed by atoms with Gasteiger partial charge >= 0.3 is 0 Å². The third kappa shape index (κ3) is 4.00. The van der Waals surface area contributed by atoms with Crippen molar-refractivity contribution in [2.45, 2.75) is 57.3 Å². The van der Waals surface area contributed by atoms with Crippen molar-refractivity contribution >= 4 is 23.6 Å². The maximum atomic E-state index is 5.52. The van der Waals surface area contributed by atoms with Crippen LogP contribution in [-0.2, 0) is 4.29 Å². The summed E-state index contributed by atoms with van der Waals surface area (Å²) >= 11 is 7.58. The molecule has 0 aliphatic heterocycles. The van der Waals surface area contributed by atoms with Crippen LogP contribution >= 0.6 is 23.6 Å². The highest BCUT2D eigenvalue weighted by atomic mass is 35.5. The Hall–Kier alpha value is 0.600. The number of hydrogen-bond donors (Lipinski definition) is 0. The van der Waals surface area contributed by atoms with Crippen LogP contribution in [0.2, 0.25) is 0 Å². The normalized spacial score (nSPS) is 30.2. The molecule has 1 nitrogen and oxygen atoms in total. The van der Waals surface area contributed by atoms with Crippen molar-refractivity contribution < 1.29 is 4.29 Å². The molecule has 0 aromatic rings. The van der Waals surface area contributed by atoms with Gasteiger partial charge in [-0.1, -0.05) is 26.7 Å². The summed E-state index contributed by atoms with van der Waals surface area (Å²) < 4.78 is 5.03. The van der Waals surface area contributed by atoms with Gasteiger partial charge in [0.1, 0.15) is 0 Å². The van der Waals surface area contributed by atoms with Crippen molar-refractivity contribution in [3.63, 3.8) is 0 Å². The lowest BCUT2D eigenvalue weighted by atomic mass is 9.88. The average Bonchev–Trinajstić information content (AvgIpc) is 2.26. The Morgan fingerprint density at radius 3 is 2.79 bits per heavy atom. The molecule has 3 unspecified atom stereocenters. The van der Waals surface area contributed by atoms with Crippen LogP contribution in [0, 0.1) is 5.92 Å². The van der Waals surface area contributed by atoms with Crippen molar-refractivity contribution in [2.24, 2.45) is 5.92 Å². The molecule has 1 rings (SSSR count). The van der Waals surface area contributed by atoms with Gasteiger partial charge in [-0.2, -0.15) is 11.8 Å². The van der Waals surface area contributed by atoms with Crippen LogP contribution in [0.15, 0.2) is 0 Å². The summed E-state index contributed by atoms with van der Waals surface area (Å²) in [5, 5.41) is 0.771. The highest BCUT2D eigenvalue weighted by Crippen LogP contribution is 2.31. The van der Waals surface area contributed by atoms with Gasteiger partial charge in [-0.15, -0.1) is 0 Å². The zero-order chi connectivity index (χ0) is 10.4. The minimum atomic E-state index is 0.307. The maximum Gasteiger partial charge on any atom is 0.0826 e. The molecule has 14 heavy (non-hydrogen) atoms. The molecule has 1 aliphatic rings. The Balaban J connectivity index is 2.26. The molecule has 0 bridgehead atoms. The second-order valence-electron chi connectivity index (χ2n) is 4.22. The van der Waals surface area contributed by atoms with Crippen molar-refractivity contribution in [1.82, 2.24) is 0 Å². The van der Waals surface area contributed by atoms with E-state index in [0.717, 1.165) is 11.7 Å². The molecule has 3 atom stereocenters. The number of rotatable bonds is 5. The molecule has 1 saturated carbocycles. The van der Waals surface area contributed by atoms with E-state index in [4.69, 9.17) is 16.2 Å². The smallest absolute Gasteiger partial charge is 0.0826 e. The molecule has 0 spiro atoms. The van der Waals surface area contributed by atoms with Crippen molar-refractivity contribution in [3.05, 3.63) is 0 Å². The van der Waals surface area contributed by atoms with E-state index < -0.39 is 0 Å². The Morgan fingerprint density at radius 2 is 2.14 bits per heavy atom. The molecule has 0 N–H and O–H groups in total. The molecule has 1 aliphatic carbocycles. The van der Waals surface area contributed by atoms with Crippen LogP contribution in [0.25, 0.3) is 0 Å². The highest BCUT2D eigenvalue weighted by molar-refractivity contribution is 7.99. The first-order valence-corrected chi connectivity index (χ1v) is 7.02. The summed E-state index contributed by atoms with van der Waals surface area (Å²) in [5.74, 6) is 1.90. The summed E-state index contributed by atoms with van der Waals surface area (Å²) in [6.45, 7) is 4.54. The largest absolute Gasteiger partial charge is 0.276 e. The fourth-order valence-corrected chi connectivity index (χ4v) is 3.31. The topological polar surface area (TPSA) is 9.23 Å². The lowest BCUT2D eigenvalue weighted by Crippen LogP contribution is -2.27. The van der Waals surface area contributed by atoms with Gasteiger partial charge in [-0.3, -0.25) is 4.29 Å². The third-order valence-corrected chi connectivity index (χ3v) is 4.88. The third-order valence-electron chi connectivity index (χ3n) is 3.12. The van der Waals surface area contributed by atoms with Crippen LogP contribution in [0.3, 0.4) is 0 Å². The summed E-state index contributed by atoms with van der Waals surface area (Å²) in [5.41, 5.74) is 0. The Labute approximate surface area is 97.1 Å². The maximum absolute atomic E-state index is 5.52. The van der Waals surface area contributed by atoms with Crippen molar-refractivity contribution in [2.75, 3.05) is 5.75 Å². The van der Waals surface area contributed by atoms with Gasteiger partial charge in [-0.05, 0) is 30.9 Å². The molecule has 0 aromatic carbocycles. The fourth-order valence-electron chi connectivity index (χ4n) is 1.89. The number of halogens is 1. The van der Waals surface area contributed by atoms with Gasteiger partial charge in [0.25, 0.3) is 0 Å². The van der Waals surface area contributed by atoms with Crippen LogP contribution in [0.1, 0.15) is 46.0 Å². The first-order chi connectivity index (χ1) is 6.77. The minimum absolute atomic E-state index is 0.307. The molecule has 0 amide bonds. The predicted octanol–water partition coefficient (Wildman–Crippen LogP) is 4.25. The van der Waals surface area contributed by atoms with E-state index in [9.17, 15) is 0 Å². The summed E-state index contributed by atoms with van der Waals surface area (Å²) in [6, 6.07) is 0. The minimum Gasteiger partial charge on any atom is -0.276 e. The second kappa shape index (κ2) is 6.97. The van der Waals surface area contributed by atoms with Crippen LogP contribution in [-0.4, -0.2) is 17.1 Å². The average molecular weight is 237 g/mol. The van der Waals surface area contributed by atoms with E-state index in [1.807, 2.05) is 0 Å². The van der Waals surface area contributed by atoms with Crippen LogP contribution < -0.4 is 0 Å². The van der Waals surface area contributed by atoms with E-state index in [1.165, 1.54) is 31.4 Å². The van der Waals surface area contributed by atoms with Gasteiger partial charge in [0.05, 0.1) is 18.0 Å². The molecular formula is C11H21ClOS. The molecule has 0 heterocycles. The van der Waals surface area contributed by atoms with E-state index in [0.29, 0.717) is 12.0 Å². The zero-order valence-electron chi connectivity index (χ0n) is 9.17. The Kier molecular flexibility index (Phi) is 6.31. The monoisotopic (exact) mass is 236 g/mol. The lowest BCUT2D eigenvalue weighted by molar-refractivity contribution is 0.117. The first kappa shape index (κ1) is 12.7. The number of hydrogen-bond acceptors (Lipinski definition) is 2. The quantitative estimate of drug-likeness (QED) is 0.706. The van der Waals surface area contributed by atoms with Gasteiger partial charge in [0, 0.05) is 5.25 Å². The SMILES string of the molecule is CCC(C)SCC1CCCCC1OCl. The van der Waals surface area contributed by atoms with E-state index in [-0.39, 0.29) is 0 Å². The molecular weight excluding hydrogens is 216 g/mol. The van der Waals surface area contributed by atoms with Gasteiger partial charge in [-0.25, -0.2) is 0 Å². The van der Waals surface area contributed by atoms with Crippen LogP contribution in [0.5, 0.6) is 0 Å². The summed E-state index contributed by atoms with van der Waals surface area (Å²) in [6.07, 6.45) is 6.63. The van der Waals surface area contributed by atoms with E-state index in [1.54, 1.807) is 0 Å². The summed E-state index contributed by atoms with van der Waals surface area (Å²) in [4.78, 5) is 0. The summed E-state index contributed by atoms with van der Waals surface area (Å²) in [7, 11) is 0. The lowest BCUT2D eigenvalue weighted by Gasteiger charge is -2.29. The highest BCUT2D eigenvalue weighted by Gasteiger charge is 2.26. The van der Waals surface area contributed by atoms with Crippen molar-refractivity contribution in [1.29, 1.82) is 0 Å². The molecule has 0 radical (unpaired) electrons. The predicted molar refractivity (Wildman–Crippen MR) is 64.9 cm³/mol. The van der Waals surface area contributed by atoms with Gasteiger partial charge in [0.15, 0.2) is 0 Å². The molecule has 3 heteroatoms. The van der Waals surface area contributed by atoms with E-state index >= 15 is 0 Å². The second-order valence-corrected chi connectivity index (χ2v) is 5.87.